The number of hydrogen-bond acceptors (Lipinski definition) is 3. The lowest BCUT2D eigenvalue weighted by molar-refractivity contribution is -0.111. The van der Waals surface area contributed by atoms with E-state index >= 15 is 0 Å². The second kappa shape index (κ2) is 9.88. The van der Waals surface area contributed by atoms with E-state index in [4.69, 9.17) is 21.1 Å². The smallest absolute Gasteiger partial charge is 0.248 e. The highest BCUT2D eigenvalue weighted by Gasteiger charge is 2.06. The molecule has 0 fully saturated rings. The summed E-state index contributed by atoms with van der Waals surface area (Å²) in [7, 11) is 1.60. The number of hydrogen-bond donors (Lipinski definition) is 1. The topological polar surface area (TPSA) is 47.6 Å². The summed E-state index contributed by atoms with van der Waals surface area (Å²) in [4.78, 5) is 12.0. The van der Waals surface area contributed by atoms with Gasteiger partial charge in [-0.15, -0.1) is 0 Å². The van der Waals surface area contributed by atoms with Crippen LogP contribution >= 0.6 is 11.6 Å². The van der Waals surface area contributed by atoms with Crippen LogP contribution in [0.5, 0.6) is 11.5 Å². The van der Waals surface area contributed by atoms with Crippen LogP contribution in [-0.4, -0.2) is 19.6 Å². The van der Waals surface area contributed by atoms with Gasteiger partial charge in [0.1, 0.15) is 0 Å². The lowest BCUT2D eigenvalue weighted by Gasteiger charge is -2.12. The van der Waals surface area contributed by atoms with Crippen LogP contribution in [0.2, 0.25) is 5.02 Å². The maximum Gasteiger partial charge on any atom is 0.248 e. The zero-order valence-corrected chi connectivity index (χ0v) is 16.0. The van der Waals surface area contributed by atoms with Crippen LogP contribution in [0, 0.1) is 5.92 Å². The Kier molecular flexibility index (Phi) is 7.54. The number of halogens is 1. The van der Waals surface area contributed by atoms with Gasteiger partial charge in [-0.1, -0.05) is 37.6 Å². The van der Waals surface area contributed by atoms with Gasteiger partial charge in [-0.3, -0.25) is 4.79 Å². The molecule has 2 aromatic rings. The maximum absolute atomic E-state index is 12.0. The van der Waals surface area contributed by atoms with E-state index in [1.807, 2.05) is 18.2 Å². The average Bonchev–Trinajstić information content (AvgIpc) is 2.60. The van der Waals surface area contributed by atoms with E-state index in [0.29, 0.717) is 34.7 Å². The Balaban J connectivity index is 1.99. The fourth-order valence-corrected chi connectivity index (χ4v) is 2.42. The molecule has 0 saturated heterocycles. The summed E-state index contributed by atoms with van der Waals surface area (Å²) in [5.74, 6) is 1.70. The summed E-state index contributed by atoms with van der Waals surface area (Å²) in [5, 5.41) is 3.34. The van der Waals surface area contributed by atoms with Crippen LogP contribution in [0.4, 0.5) is 5.69 Å². The molecular weight excluding hydrogens is 350 g/mol. The van der Waals surface area contributed by atoms with E-state index in [0.717, 1.165) is 12.0 Å². The molecule has 0 radical (unpaired) electrons. The normalized spacial score (nSPS) is 11.0. The van der Waals surface area contributed by atoms with Crippen LogP contribution in [-0.2, 0) is 4.79 Å². The van der Waals surface area contributed by atoms with E-state index in [1.54, 1.807) is 37.5 Å². The number of carbonyl (C=O) groups is 1. The third kappa shape index (κ3) is 6.45. The van der Waals surface area contributed by atoms with Gasteiger partial charge in [-0.2, -0.15) is 0 Å². The molecule has 1 amide bonds. The lowest BCUT2D eigenvalue weighted by Crippen LogP contribution is -2.07. The van der Waals surface area contributed by atoms with Crippen molar-refractivity contribution in [3.63, 3.8) is 0 Å². The molecule has 0 aliphatic heterocycles. The molecule has 2 rings (SSSR count). The zero-order chi connectivity index (χ0) is 18.9. The first-order valence-corrected chi connectivity index (χ1v) is 8.91. The Morgan fingerprint density at radius 2 is 2.00 bits per heavy atom. The molecule has 0 atom stereocenters. The van der Waals surface area contributed by atoms with Crippen molar-refractivity contribution in [2.24, 2.45) is 5.92 Å². The minimum absolute atomic E-state index is 0.233. The van der Waals surface area contributed by atoms with Gasteiger partial charge in [-0.05, 0) is 54.3 Å². The molecule has 138 valence electrons. The first-order valence-electron chi connectivity index (χ1n) is 8.53. The first-order chi connectivity index (χ1) is 12.5. The Bertz CT molecular complexity index is 772. The minimum Gasteiger partial charge on any atom is -0.493 e. The molecule has 4 nitrogen and oxygen atoms in total. The van der Waals surface area contributed by atoms with Crippen LogP contribution in [0.15, 0.2) is 48.5 Å². The Morgan fingerprint density at radius 3 is 2.69 bits per heavy atom. The number of nitrogens with one attached hydrogen (secondary N) is 1. The van der Waals surface area contributed by atoms with Crippen LogP contribution in [0.3, 0.4) is 0 Å². The fraction of sp³-hybridized carbons (Fsp3) is 0.286. The second-order valence-corrected chi connectivity index (χ2v) is 6.71. The van der Waals surface area contributed by atoms with E-state index < -0.39 is 0 Å². The summed E-state index contributed by atoms with van der Waals surface area (Å²) in [6, 6.07) is 12.6. The molecule has 0 aromatic heterocycles. The molecule has 0 aliphatic rings. The Hall–Kier alpha value is -2.46. The van der Waals surface area contributed by atoms with Crippen molar-refractivity contribution < 1.29 is 14.3 Å². The van der Waals surface area contributed by atoms with Gasteiger partial charge in [0.05, 0.1) is 13.7 Å². The number of carbonyl (C=O) groups excluding carboxylic acids is 1. The largest absolute Gasteiger partial charge is 0.493 e. The van der Waals surface area contributed by atoms with Crippen molar-refractivity contribution >= 4 is 29.3 Å². The van der Waals surface area contributed by atoms with Crippen LogP contribution in [0.1, 0.15) is 25.8 Å². The van der Waals surface area contributed by atoms with Gasteiger partial charge in [0.25, 0.3) is 0 Å². The van der Waals surface area contributed by atoms with Crippen LogP contribution < -0.4 is 14.8 Å². The van der Waals surface area contributed by atoms with Gasteiger partial charge in [0.15, 0.2) is 11.5 Å². The molecule has 0 spiro atoms. The average molecular weight is 374 g/mol. The standard InChI is InChI=1S/C21H24ClNO3/c1-15(2)11-12-26-19-9-7-16(13-20(19)25-3)8-10-21(24)23-18-6-4-5-17(22)14-18/h4-10,13-15H,11-12H2,1-3H3,(H,23,24)/b10-8+. The molecule has 0 saturated carbocycles. The van der Waals surface area contributed by atoms with Crippen molar-refractivity contribution in [1.29, 1.82) is 0 Å². The molecule has 0 aliphatic carbocycles. The molecule has 5 heteroatoms. The number of rotatable bonds is 8. The number of anilines is 1. The summed E-state index contributed by atoms with van der Waals surface area (Å²) >= 11 is 5.91. The Labute approximate surface area is 159 Å². The highest BCUT2D eigenvalue weighted by atomic mass is 35.5. The van der Waals surface area contributed by atoms with Gasteiger partial charge in [0.2, 0.25) is 5.91 Å². The molecule has 0 bridgehead atoms. The number of methoxy groups -OCH3 is 1. The summed E-state index contributed by atoms with van der Waals surface area (Å²) in [6.45, 7) is 4.96. The third-order valence-corrected chi connectivity index (χ3v) is 3.89. The number of amides is 1. The number of benzene rings is 2. The van der Waals surface area contributed by atoms with Crippen LogP contribution in [0.25, 0.3) is 6.08 Å². The molecule has 0 heterocycles. The van der Waals surface area contributed by atoms with Gasteiger partial charge in [0, 0.05) is 16.8 Å². The van der Waals surface area contributed by atoms with Crippen molar-refractivity contribution in [3.05, 3.63) is 59.1 Å². The summed E-state index contributed by atoms with van der Waals surface area (Å²) in [6.07, 6.45) is 4.17. The molecule has 1 N–H and O–H groups in total. The Morgan fingerprint density at radius 1 is 1.19 bits per heavy atom. The highest BCUT2D eigenvalue weighted by Crippen LogP contribution is 2.29. The van der Waals surface area contributed by atoms with Crippen molar-refractivity contribution in [2.75, 3.05) is 19.0 Å². The maximum atomic E-state index is 12.0. The minimum atomic E-state index is -0.233. The van der Waals surface area contributed by atoms with Crippen molar-refractivity contribution in [2.45, 2.75) is 20.3 Å². The van der Waals surface area contributed by atoms with E-state index in [1.165, 1.54) is 6.08 Å². The van der Waals surface area contributed by atoms with Gasteiger partial charge < -0.3 is 14.8 Å². The molecule has 26 heavy (non-hydrogen) atoms. The van der Waals surface area contributed by atoms with Crippen molar-refractivity contribution in [1.82, 2.24) is 0 Å². The van der Waals surface area contributed by atoms with Gasteiger partial charge in [-0.25, -0.2) is 0 Å². The molecular formula is C21H24ClNO3. The molecule has 0 unspecified atom stereocenters. The number of ether oxygens (including phenoxy) is 2. The SMILES string of the molecule is COc1cc(/C=C/C(=O)Nc2cccc(Cl)c2)ccc1OCCC(C)C. The van der Waals surface area contributed by atoms with E-state index in [-0.39, 0.29) is 5.91 Å². The van der Waals surface area contributed by atoms with Crippen molar-refractivity contribution in [3.8, 4) is 11.5 Å². The summed E-state index contributed by atoms with van der Waals surface area (Å²) in [5.41, 5.74) is 1.50. The lowest BCUT2D eigenvalue weighted by atomic mass is 10.1. The highest BCUT2D eigenvalue weighted by molar-refractivity contribution is 6.30. The first kappa shape index (κ1) is 19.9. The third-order valence-electron chi connectivity index (χ3n) is 3.66. The summed E-state index contributed by atoms with van der Waals surface area (Å²) < 4.78 is 11.2. The van der Waals surface area contributed by atoms with E-state index in [2.05, 4.69) is 19.2 Å². The predicted octanol–water partition coefficient (Wildman–Crippen LogP) is 5.43. The predicted molar refractivity (Wildman–Crippen MR) is 107 cm³/mol. The van der Waals surface area contributed by atoms with E-state index in [9.17, 15) is 4.79 Å². The quantitative estimate of drug-likeness (QED) is 0.628. The molecule has 2 aromatic carbocycles. The van der Waals surface area contributed by atoms with Gasteiger partial charge >= 0.3 is 0 Å². The second-order valence-electron chi connectivity index (χ2n) is 6.27. The fourth-order valence-electron chi connectivity index (χ4n) is 2.23. The zero-order valence-electron chi connectivity index (χ0n) is 15.3. The monoisotopic (exact) mass is 373 g/mol.